The van der Waals surface area contributed by atoms with E-state index in [1.54, 1.807) is 12.4 Å². The molecule has 0 atom stereocenters. The standard InChI is InChI=1S/C23H24BrN5/c24-22-19-5-4-16(15-29-10-2-1-3-11-29)12-21(19)27-23(22)18-13-20(28-26-14-18)17-6-8-25-9-7-17/h4-9,12-14,26-28H,1-3,10-11,15H2. The number of hydrogen-bond acceptors (Lipinski definition) is 4. The summed E-state index contributed by atoms with van der Waals surface area (Å²) in [5.74, 6) is 0. The van der Waals surface area contributed by atoms with Crippen LogP contribution >= 0.6 is 15.9 Å². The Morgan fingerprint density at radius 2 is 1.86 bits per heavy atom. The number of pyridine rings is 1. The average Bonchev–Trinajstić information content (AvgIpc) is 3.11. The van der Waals surface area contributed by atoms with Crippen molar-refractivity contribution < 1.29 is 0 Å². The highest BCUT2D eigenvalue weighted by atomic mass is 79.9. The van der Waals surface area contributed by atoms with Gasteiger partial charge in [-0.3, -0.25) is 9.88 Å². The minimum absolute atomic E-state index is 1.02. The average molecular weight is 450 g/mol. The van der Waals surface area contributed by atoms with E-state index >= 15 is 0 Å². The molecule has 1 saturated heterocycles. The Balaban J connectivity index is 1.45. The molecular weight excluding hydrogens is 426 g/mol. The lowest BCUT2D eigenvalue weighted by Gasteiger charge is -2.26. The first-order chi connectivity index (χ1) is 14.3. The molecule has 3 aromatic rings. The number of benzene rings is 1. The molecule has 148 valence electrons. The molecule has 2 aromatic heterocycles. The predicted octanol–water partition coefficient (Wildman–Crippen LogP) is 4.80. The Kier molecular flexibility index (Phi) is 5.12. The van der Waals surface area contributed by atoms with E-state index in [0.717, 1.165) is 33.5 Å². The molecule has 3 N–H and O–H groups in total. The summed E-state index contributed by atoms with van der Waals surface area (Å²) in [4.78, 5) is 10.3. The van der Waals surface area contributed by atoms with Gasteiger partial charge in [0.1, 0.15) is 0 Å². The van der Waals surface area contributed by atoms with Crippen LogP contribution in [0.3, 0.4) is 0 Å². The highest BCUT2D eigenvalue weighted by molar-refractivity contribution is 9.10. The number of H-pyrrole nitrogens is 1. The Morgan fingerprint density at radius 1 is 1.03 bits per heavy atom. The number of aromatic nitrogens is 2. The van der Waals surface area contributed by atoms with Gasteiger partial charge in [-0.1, -0.05) is 18.6 Å². The van der Waals surface area contributed by atoms with Gasteiger partial charge in [-0.15, -0.1) is 0 Å². The van der Waals surface area contributed by atoms with E-state index < -0.39 is 0 Å². The molecular formula is C23H24BrN5. The van der Waals surface area contributed by atoms with Crippen molar-refractivity contribution in [3.05, 3.63) is 76.3 Å². The second-order valence-electron chi connectivity index (χ2n) is 7.69. The van der Waals surface area contributed by atoms with Crippen molar-refractivity contribution in [1.29, 1.82) is 0 Å². The lowest BCUT2D eigenvalue weighted by Crippen LogP contribution is -2.29. The maximum absolute atomic E-state index is 4.10. The van der Waals surface area contributed by atoms with Crippen LogP contribution in [0.15, 0.2) is 59.5 Å². The van der Waals surface area contributed by atoms with Gasteiger partial charge >= 0.3 is 0 Å². The third kappa shape index (κ3) is 3.82. The SMILES string of the molecule is Brc1c(C2=CNNC(c3ccncc3)=C2)[nH]c2cc(CN3CCCCC3)ccc12. The fourth-order valence-corrected chi connectivity index (χ4v) is 4.81. The quantitative estimate of drug-likeness (QED) is 0.535. The van der Waals surface area contributed by atoms with E-state index in [9.17, 15) is 0 Å². The molecule has 0 spiro atoms. The van der Waals surface area contributed by atoms with Gasteiger partial charge in [-0.05, 0) is 71.7 Å². The molecule has 4 heterocycles. The number of hydrogen-bond donors (Lipinski definition) is 3. The van der Waals surface area contributed by atoms with Crippen molar-refractivity contribution in [1.82, 2.24) is 25.7 Å². The van der Waals surface area contributed by atoms with Gasteiger partial charge in [-0.25, -0.2) is 0 Å². The summed E-state index contributed by atoms with van der Waals surface area (Å²) in [5, 5.41) is 1.21. The summed E-state index contributed by atoms with van der Waals surface area (Å²) in [6.45, 7) is 3.46. The third-order valence-electron chi connectivity index (χ3n) is 5.67. The third-order valence-corrected chi connectivity index (χ3v) is 6.49. The summed E-state index contributed by atoms with van der Waals surface area (Å²) < 4.78 is 1.09. The maximum Gasteiger partial charge on any atom is 0.0625 e. The van der Waals surface area contributed by atoms with E-state index in [1.165, 1.54) is 48.8 Å². The summed E-state index contributed by atoms with van der Waals surface area (Å²) in [7, 11) is 0. The lowest BCUT2D eigenvalue weighted by atomic mass is 10.1. The van der Waals surface area contributed by atoms with Crippen molar-refractivity contribution >= 4 is 38.1 Å². The summed E-state index contributed by atoms with van der Waals surface area (Å²) >= 11 is 3.82. The van der Waals surface area contributed by atoms with Gasteiger partial charge < -0.3 is 15.8 Å². The number of likely N-dealkylation sites (tertiary alicyclic amines) is 1. The minimum Gasteiger partial charge on any atom is -0.354 e. The largest absolute Gasteiger partial charge is 0.354 e. The van der Waals surface area contributed by atoms with E-state index in [1.807, 2.05) is 18.3 Å². The van der Waals surface area contributed by atoms with E-state index in [0.29, 0.717) is 0 Å². The normalized spacial score (nSPS) is 17.4. The number of piperidine rings is 1. The molecule has 5 rings (SSSR count). The van der Waals surface area contributed by atoms with Gasteiger partial charge in [0.05, 0.1) is 15.9 Å². The van der Waals surface area contributed by atoms with Crippen LogP contribution in [0.5, 0.6) is 0 Å². The highest BCUT2D eigenvalue weighted by Crippen LogP contribution is 2.34. The summed E-state index contributed by atoms with van der Waals surface area (Å²) in [6, 6.07) is 10.8. The molecule has 0 radical (unpaired) electrons. The van der Waals surface area contributed by atoms with Gasteiger partial charge in [0.15, 0.2) is 0 Å². The van der Waals surface area contributed by atoms with Crippen molar-refractivity contribution in [3.63, 3.8) is 0 Å². The molecule has 29 heavy (non-hydrogen) atoms. The van der Waals surface area contributed by atoms with Crippen molar-refractivity contribution in [2.24, 2.45) is 0 Å². The van der Waals surface area contributed by atoms with Crippen molar-refractivity contribution in [2.45, 2.75) is 25.8 Å². The smallest absolute Gasteiger partial charge is 0.0625 e. The monoisotopic (exact) mass is 449 g/mol. The van der Waals surface area contributed by atoms with Crippen LogP contribution in [0.1, 0.15) is 36.1 Å². The van der Waals surface area contributed by atoms with Crippen LogP contribution < -0.4 is 10.9 Å². The summed E-state index contributed by atoms with van der Waals surface area (Å²) in [6.07, 6.45) is 11.8. The number of allylic oxidation sites excluding steroid dienone is 2. The van der Waals surface area contributed by atoms with Crippen molar-refractivity contribution in [3.8, 4) is 0 Å². The first-order valence-corrected chi connectivity index (χ1v) is 10.9. The fraction of sp³-hybridized carbons (Fsp3) is 0.261. The molecule has 0 aliphatic carbocycles. The number of halogens is 1. The zero-order valence-corrected chi connectivity index (χ0v) is 17.8. The van der Waals surface area contributed by atoms with E-state index in [4.69, 9.17) is 0 Å². The van der Waals surface area contributed by atoms with E-state index in [-0.39, 0.29) is 0 Å². The first kappa shape index (κ1) is 18.5. The minimum atomic E-state index is 1.02. The molecule has 6 heteroatoms. The van der Waals surface area contributed by atoms with Gasteiger partial charge in [0.25, 0.3) is 0 Å². The molecule has 0 unspecified atom stereocenters. The molecule has 1 aromatic carbocycles. The number of fused-ring (bicyclic) bond motifs is 1. The number of hydrazine groups is 1. The summed E-state index contributed by atoms with van der Waals surface area (Å²) in [5.41, 5.74) is 13.2. The Bertz CT molecular complexity index is 1080. The second kappa shape index (κ2) is 8.05. The fourth-order valence-electron chi connectivity index (χ4n) is 4.14. The predicted molar refractivity (Wildman–Crippen MR) is 122 cm³/mol. The molecule has 1 fully saturated rings. The molecule has 0 amide bonds. The lowest BCUT2D eigenvalue weighted by molar-refractivity contribution is 0.221. The van der Waals surface area contributed by atoms with Crippen LogP contribution in [0.25, 0.3) is 22.2 Å². The van der Waals surface area contributed by atoms with Crippen LogP contribution in [-0.2, 0) is 6.54 Å². The topological polar surface area (TPSA) is 56.0 Å². The number of nitrogens with zero attached hydrogens (tertiary/aromatic N) is 2. The van der Waals surface area contributed by atoms with Gasteiger partial charge in [-0.2, -0.15) is 0 Å². The maximum atomic E-state index is 4.10. The van der Waals surface area contributed by atoms with Crippen molar-refractivity contribution in [2.75, 3.05) is 13.1 Å². The molecule has 2 aliphatic heterocycles. The Hall–Kier alpha value is -2.57. The zero-order chi connectivity index (χ0) is 19.6. The number of aromatic amines is 1. The van der Waals surface area contributed by atoms with E-state index in [2.05, 4.69) is 65.9 Å². The highest BCUT2D eigenvalue weighted by Gasteiger charge is 2.16. The molecule has 0 bridgehead atoms. The number of nitrogens with one attached hydrogen (secondary N) is 3. The van der Waals surface area contributed by atoms with Crippen LogP contribution in [-0.4, -0.2) is 28.0 Å². The van der Waals surface area contributed by atoms with Crippen LogP contribution in [0, 0.1) is 0 Å². The van der Waals surface area contributed by atoms with Gasteiger partial charge in [0.2, 0.25) is 0 Å². The Morgan fingerprint density at radius 3 is 2.69 bits per heavy atom. The first-order valence-electron chi connectivity index (χ1n) is 10.1. The Labute approximate surface area is 179 Å². The number of rotatable bonds is 4. The molecule has 5 nitrogen and oxygen atoms in total. The second-order valence-corrected chi connectivity index (χ2v) is 8.49. The van der Waals surface area contributed by atoms with Crippen LogP contribution in [0.4, 0.5) is 0 Å². The zero-order valence-electron chi connectivity index (χ0n) is 16.2. The van der Waals surface area contributed by atoms with Crippen LogP contribution in [0.2, 0.25) is 0 Å². The molecule has 0 saturated carbocycles. The molecule has 2 aliphatic rings. The van der Waals surface area contributed by atoms with Gasteiger partial charge in [0, 0.05) is 47.2 Å².